The summed E-state index contributed by atoms with van der Waals surface area (Å²) in [5, 5.41) is 3.32. The van der Waals surface area contributed by atoms with Crippen LogP contribution in [0.15, 0.2) is 0 Å². The zero-order chi connectivity index (χ0) is 10.2. The lowest BCUT2D eigenvalue weighted by atomic mass is 10.1. The third-order valence-electron chi connectivity index (χ3n) is 2.86. The fraction of sp³-hybridized carbons (Fsp3) is 1.00. The molecule has 0 aromatic carbocycles. The van der Waals surface area contributed by atoms with E-state index in [2.05, 4.69) is 14.9 Å². The van der Waals surface area contributed by atoms with Crippen LogP contribution >= 0.6 is 0 Å². The molecule has 0 aliphatic carbocycles. The molecule has 0 aromatic rings. The first-order chi connectivity index (χ1) is 6.54. The number of hydrogen-bond donors (Lipinski definition) is 2. The van der Waals surface area contributed by atoms with Crippen molar-refractivity contribution in [1.29, 1.82) is 0 Å². The van der Waals surface area contributed by atoms with Gasteiger partial charge in [-0.3, -0.25) is 4.90 Å². The van der Waals surface area contributed by atoms with Crippen LogP contribution in [-0.4, -0.2) is 57.8 Å². The van der Waals surface area contributed by atoms with E-state index in [-0.39, 0.29) is 6.04 Å². The van der Waals surface area contributed by atoms with Crippen LogP contribution in [0.4, 0.5) is 0 Å². The van der Waals surface area contributed by atoms with Crippen LogP contribution in [0.3, 0.4) is 0 Å². The van der Waals surface area contributed by atoms with Gasteiger partial charge in [0.1, 0.15) is 0 Å². The van der Waals surface area contributed by atoms with Crippen LogP contribution in [0.1, 0.15) is 6.42 Å². The Bertz CT molecular complexity index is 290. The average molecular weight is 219 g/mol. The molecule has 2 saturated heterocycles. The molecule has 0 aromatic heterocycles. The van der Waals surface area contributed by atoms with Gasteiger partial charge >= 0.3 is 0 Å². The van der Waals surface area contributed by atoms with E-state index in [1.54, 1.807) is 0 Å². The van der Waals surface area contributed by atoms with Gasteiger partial charge in [0, 0.05) is 38.3 Å². The summed E-state index contributed by atoms with van der Waals surface area (Å²) in [7, 11) is -3.05. The minimum absolute atomic E-state index is 0.106. The summed E-state index contributed by atoms with van der Waals surface area (Å²) in [4.78, 5) is 2.36. The summed E-state index contributed by atoms with van der Waals surface area (Å²) in [6.07, 6.45) is 2.16. The fourth-order valence-corrected chi connectivity index (χ4v) is 3.13. The van der Waals surface area contributed by atoms with Gasteiger partial charge < -0.3 is 5.32 Å². The highest BCUT2D eigenvalue weighted by molar-refractivity contribution is 7.88. The summed E-state index contributed by atoms with van der Waals surface area (Å²) < 4.78 is 24.8. The first-order valence-electron chi connectivity index (χ1n) is 4.97. The van der Waals surface area contributed by atoms with Gasteiger partial charge in [-0.25, -0.2) is 13.1 Å². The third kappa shape index (κ3) is 2.44. The van der Waals surface area contributed by atoms with Gasteiger partial charge in [0.05, 0.1) is 6.26 Å². The quantitative estimate of drug-likeness (QED) is 0.598. The van der Waals surface area contributed by atoms with Gasteiger partial charge in [0.2, 0.25) is 10.0 Å². The number of nitrogens with one attached hydrogen (secondary N) is 2. The van der Waals surface area contributed by atoms with Gasteiger partial charge in [0.15, 0.2) is 0 Å². The van der Waals surface area contributed by atoms with E-state index in [0.29, 0.717) is 6.04 Å². The Balaban J connectivity index is 1.93. The molecule has 82 valence electrons. The molecule has 0 saturated carbocycles. The standard InChI is InChI=1S/C8H17N3O2S/c1-14(12,13)10-7-4-8-5-9-2-3-11(8)6-7/h7-10H,2-6H2,1H3. The van der Waals surface area contributed by atoms with Crippen molar-refractivity contribution in [3.05, 3.63) is 0 Å². The molecule has 2 atom stereocenters. The Hall–Kier alpha value is -0.170. The summed E-state index contributed by atoms with van der Waals surface area (Å²) in [5.41, 5.74) is 0. The molecule has 6 heteroatoms. The van der Waals surface area contributed by atoms with Crippen molar-refractivity contribution in [3.63, 3.8) is 0 Å². The lowest BCUT2D eigenvalue weighted by molar-refractivity contribution is 0.211. The second kappa shape index (κ2) is 3.77. The van der Waals surface area contributed by atoms with E-state index in [4.69, 9.17) is 0 Å². The molecule has 2 heterocycles. The van der Waals surface area contributed by atoms with Gasteiger partial charge in [-0.05, 0) is 6.42 Å². The van der Waals surface area contributed by atoms with Crippen LogP contribution in [-0.2, 0) is 10.0 Å². The van der Waals surface area contributed by atoms with Crippen molar-refractivity contribution >= 4 is 10.0 Å². The van der Waals surface area contributed by atoms with Crippen molar-refractivity contribution in [3.8, 4) is 0 Å². The number of rotatable bonds is 2. The molecular formula is C8H17N3O2S. The Labute approximate surface area is 84.9 Å². The number of fused-ring (bicyclic) bond motifs is 1. The van der Waals surface area contributed by atoms with Crippen LogP contribution in [0.2, 0.25) is 0 Å². The first kappa shape index (κ1) is 10.4. The van der Waals surface area contributed by atoms with E-state index < -0.39 is 10.0 Å². The van der Waals surface area contributed by atoms with Crippen molar-refractivity contribution in [2.45, 2.75) is 18.5 Å². The Morgan fingerprint density at radius 2 is 2.29 bits per heavy atom. The predicted octanol–water partition coefficient (Wildman–Crippen LogP) is -1.42. The smallest absolute Gasteiger partial charge is 0.208 e. The molecule has 2 fully saturated rings. The topological polar surface area (TPSA) is 61.4 Å². The maximum absolute atomic E-state index is 11.0. The molecule has 2 aliphatic rings. The Kier molecular flexibility index (Phi) is 2.79. The normalized spacial score (nSPS) is 34.4. The van der Waals surface area contributed by atoms with Crippen molar-refractivity contribution in [1.82, 2.24) is 14.9 Å². The third-order valence-corrected chi connectivity index (χ3v) is 3.63. The fourth-order valence-electron chi connectivity index (χ4n) is 2.35. The largest absolute Gasteiger partial charge is 0.314 e. The van der Waals surface area contributed by atoms with E-state index >= 15 is 0 Å². The molecule has 2 unspecified atom stereocenters. The maximum Gasteiger partial charge on any atom is 0.208 e. The zero-order valence-corrected chi connectivity index (χ0v) is 9.18. The van der Waals surface area contributed by atoms with Gasteiger partial charge in [-0.15, -0.1) is 0 Å². The monoisotopic (exact) mass is 219 g/mol. The van der Waals surface area contributed by atoms with E-state index in [9.17, 15) is 8.42 Å². The molecular weight excluding hydrogens is 202 g/mol. The number of nitrogens with zero attached hydrogens (tertiary/aromatic N) is 1. The molecule has 5 nitrogen and oxygen atoms in total. The summed E-state index contributed by atoms with van der Waals surface area (Å²) in [5.74, 6) is 0. The second-order valence-electron chi connectivity index (χ2n) is 4.18. The predicted molar refractivity (Wildman–Crippen MR) is 54.6 cm³/mol. The number of piperazine rings is 1. The Morgan fingerprint density at radius 1 is 1.50 bits per heavy atom. The molecule has 0 bridgehead atoms. The minimum atomic E-state index is -3.05. The lowest BCUT2D eigenvalue weighted by Crippen LogP contribution is -2.47. The van der Waals surface area contributed by atoms with Gasteiger partial charge in [-0.2, -0.15) is 0 Å². The molecule has 0 radical (unpaired) electrons. The number of hydrogen-bond acceptors (Lipinski definition) is 4. The molecule has 0 spiro atoms. The van der Waals surface area contributed by atoms with Gasteiger partial charge in [0.25, 0.3) is 0 Å². The molecule has 2 rings (SSSR count). The van der Waals surface area contributed by atoms with Gasteiger partial charge in [-0.1, -0.05) is 0 Å². The maximum atomic E-state index is 11.0. The minimum Gasteiger partial charge on any atom is -0.314 e. The Morgan fingerprint density at radius 3 is 2.93 bits per heavy atom. The summed E-state index contributed by atoms with van der Waals surface area (Å²) in [6.45, 7) is 3.90. The van der Waals surface area contributed by atoms with E-state index in [0.717, 1.165) is 32.6 Å². The molecule has 14 heavy (non-hydrogen) atoms. The highest BCUT2D eigenvalue weighted by atomic mass is 32.2. The van der Waals surface area contributed by atoms with E-state index in [1.807, 2.05) is 0 Å². The van der Waals surface area contributed by atoms with E-state index in [1.165, 1.54) is 6.26 Å². The molecule has 0 amide bonds. The van der Waals surface area contributed by atoms with Crippen molar-refractivity contribution in [2.24, 2.45) is 0 Å². The van der Waals surface area contributed by atoms with Crippen LogP contribution in [0.5, 0.6) is 0 Å². The van der Waals surface area contributed by atoms with Crippen LogP contribution in [0, 0.1) is 0 Å². The highest BCUT2D eigenvalue weighted by Crippen LogP contribution is 2.19. The summed E-state index contributed by atoms with van der Waals surface area (Å²) >= 11 is 0. The van der Waals surface area contributed by atoms with Crippen LogP contribution < -0.4 is 10.0 Å². The zero-order valence-electron chi connectivity index (χ0n) is 8.36. The molecule has 2 N–H and O–H groups in total. The second-order valence-corrected chi connectivity index (χ2v) is 5.96. The average Bonchev–Trinajstić information content (AvgIpc) is 2.42. The van der Waals surface area contributed by atoms with Crippen LogP contribution in [0.25, 0.3) is 0 Å². The molecule has 2 aliphatic heterocycles. The van der Waals surface area contributed by atoms with Crippen molar-refractivity contribution in [2.75, 3.05) is 32.4 Å². The van der Waals surface area contributed by atoms with Crippen molar-refractivity contribution < 1.29 is 8.42 Å². The lowest BCUT2D eigenvalue weighted by Gasteiger charge is -2.29. The summed E-state index contributed by atoms with van der Waals surface area (Å²) in [6, 6.07) is 0.623. The number of sulfonamides is 1. The highest BCUT2D eigenvalue weighted by Gasteiger charge is 2.34. The SMILES string of the molecule is CS(=O)(=O)NC1CC2CNCCN2C1. The first-order valence-corrected chi connectivity index (χ1v) is 6.86.